The highest BCUT2D eigenvalue weighted by molar-refractivity contribution is 5.82. The van der Waals surface area contributed by atoms with Gasteiger partial charge in [-0.1, -0.05) is 50.6 Å². The van der Waals surface area contributed by atoms with Crippen molar-refractivity contribution in [3.63, 3.8) is 0 Å². The van der Waals surface area contributed by atoms with Crippen molar-refractivity contribution in [3.05, 3.63) is 57.4 Å². The van der Waals surface area contributed by atoms with Crippen LogP contribution >= 0.6 is 0 Å². The topological polar surface area (TPSA) is 76.4 Å². The van der Waals surface area contributed by atoms with Crippen LogP contribution in [0.4, 0.5) is 0 Å². The van der Waals surface area contributed by atoms with Gasteiger partial charge >= 0.3 is 5.97 Å². The summed E-state index contributed by atoms with van der Waals surface area (Å²) in [7, 11) is 0. The van der Waals surface area contributed by atoms with Crippen LogP contribution in [0.2, 0.25) is 0 Å². The maximum atomic E-state index is 12.8. The summed E-state index contributed by atoms with van der Waals surface area (Å²) in [5, 5.41) is 9.82. The van der Waals surface area contributed by atoms with E-state index in [1.54, 1.807) is 6.92 Å². The first-order chi connectivity index (χ1) is 12.0. The summed E-state index contributed by atoms with van der Waals surface area (Å²) < 4.78 is 1.32. The van der Waals surface area contributed by atoms with E-state index >= 15 is 0 Å². The van der Waals surface area contributed by atoms with Gasteiger partial charge in [0.15, 0.2) is 6.29 Å². The van der Waals surface area contributed by atoms with E-state index < -0.39 is 17.6 Å². The second kappa shape index (κ2) is 7.28. The number of carbonyl (C=O) groups is 2. The number of aldehydes is 1. The minimum atomic E-state index is -1.06. The van der Waals surface area contributed by atoms with E-state index in [0.29, 0.717) is 29.5 Å². The average Bonchev–Trinajstić information content (AvgIpc) is 2.54. The molecular weight excluding hydrogens is 330 g/mol. The van der Waals surface area contributed by atoms with Crippen LogP contribution in [-0.4, -0.2) is 21.9 Å². The number of hydrogen-bond acceptors (Lipinski definition) is 3. The van der Waals surface area contributed by atoms with Gasteiger partial charge in [0.1, 0.15) is 6.04 Å². The summed E-state index contributed by atoms with van der Waals surface area (Å²) in [6.45, 7) is 9.50. The number of aryl methyl sites for hydroxylation is 1. The lowest BCUT2D eigenvalue weighted by atomic mass is 9.87. The zero-order valence-electron chi connectivity index (χ0n) is 15.9. The van der Waals surface area contributed by atoms with Gasteiger partial charge in [0.25, 0.3) is 5.56 Å². The van der Waals surface area contributed by atoms with Gasteiger partial charge in [-0.25, -0.2) is 4.79 Å². The van der Waals surface area contributed by atoms with Crippen LogP contribution in [0.5, 0.6) is 0 Å². The molecule has 1 aromatic heterocycles. The van der Waals surface area contributed by atoms with Crippen LogP contribution in [-0.2, 0) is 4.79 Å². The number of carbonyl (C=O) groups excluding carboxylic acids is 1. The van der Waals surface area contributed by atoms with Crippen LogP contribution in [0, 0.1) is 19.3 Å². The molecule has 0 saturated heterocycles. The molecule has 0 spiro atoms. The monoisotopic (exact) mass is 355 g/mol. The summed E-state index contributed by atoms with van der Waals surface area (Å²) in [5.41, 5.74) is 2.36. The largest absolute Gasteiger partial charge is 0.480 e. The minimum Gasteiger partial charge on any atom is -0.480 e. The molecule has 1 unspecified atom stereocenters. The van der Waals surface area contributed by atoms with Gasteiger partial charge in [-0.15, -0.1) is 0 Å². The molecule has 5 heteroatoms. The lowest BCUT2D eigenvalue weighted by molar-refractivity contribution is -0.141. The third-order valence-electron chi connectivity index (χ3n) is 4.40. The van der Waals surface area contributed by atoms with Gasteiger partial charge in [-0.05, 0) is 36.8 Å². The number of hydrogen-bond donors (Lipinski definition) is 1. The summed E-state index contributed by atoms with van der Waals surface area (Å²) in [6, 6.07) is 7.70. The van der Waals surface area contributed by atoms with Crippen molar-refractivity contribution in [1.29, 1.82) is 0 Å². The summed E-state index contributed by atoms with van der Waals surface area (Å²) in [6.07, 6.45) is 0.930. The number of rotatable bonds is 5. The lowest BCUT2D eigenvalue weighted by Gasteiger charge is -2.28. The first-order valence-electron chi connectivity index (χ1n) is 8.56. The van der Waals surface area contributed by atoms with Crippen molar-refractivity contribution < 1.29 is 14.7 Å². The molecule has 2 aromatic rings. The highest BCUT2D eigenvalue weighted by atomic mass is 16.4. The first-order valence-corrected chi connectivity index (χ1v) is 8.56. The maximum absolute atomic E-state index is 12.8. The fraction of sp³-hybridized carbons (Fsp3) is 0.381. The Hall–Kier alpha value is -2.69. The highest BCUT2D eigenvalue weighted by Crippen LogP contribution is 2.32. The Labute approximate surface area is 153 Å². The van der Waals surface area contributed by atoms with E-state index in [4.69, 9.17) is 0 Å². The Bertz CT molecular complexity index is 886. The zero-order chi connectivity index (χ0) is 19.6. The molecule has 0 saturated carbocycles. The quantitative estimate of drug-likeness (QED) is 0.822. The van der Waals surface area contributed by atoms with Crippen molar-refractivity contribution in [2.75, 3.05) is 0 Å². The van der Waals surface area contributed by atoms with Crippen molar-refractivity contribution in [2.45, 2.75) is 47.1 Å². The second-order valence-corrected chi connectivity index (χ2v) is 7.88. The van der Waals surface area contributed by atoms with Gasteiger partial charge in [-0.3, -0.25) is 14.2 Å². The minimum absolute atomic E-state index is 0.279. The number of aliphatic carboxylic acids is 1. The fourth-order valence-corrected chi connectivity index (χ4v) is 3.11. The van der Waals surface area contributed by atoms with E-state index in [0.717, 1.165) is 5.56 Å². The van der Waals surface area contributed by atoms with Gasteiger partial charge < -0.3 is 5.11 Å². The molecule has 0 aliphatic rings. The van der Waals surface area contributed by atoms with Crippen LogP contribution in [0.1, 0.15) is 54.7 Å². The molecule has 1 atom stereocenters. The van der Waals surface area contributed by atoms with E-state index in [1.165, 1.54) is 10.6 Å². The maximum Gasteiger partial charge on any atom is 0.326 e. The zero-order valence-corrected chi connectivity index (χ0v) is 15.9. The average molecular weight is 355 g/mol. The molecule has 2 rings (SSSR count). The molecular formula is C21H25NO4. The van der Waals surface area contributed by atoms with Gasteiger partial charge in [0.05, 0.1) is 5.69 Å². The summed E-state index contributed by atoms with van der Waals surface area (Å²) >= 11 is 0. The number of carboxylic acid groups (broad SMARTS) is 1. The van der Waals surface area contributed by atoms with E-state index in [9.17, 15) is 19.5 Å². The third-order valence-corrected chi connectivity index (χ3v) is 4.40. The normalized spacial score (nSPS) is 12.7. The molecule has 1 aromatic carbocycles. The smallest absolute Gasteiger partial charge is 0.326 e. The second-order valence-electron chi connectivity index (χ2n) is 7.88. The lowest BCUT2D eigenvalue weighted by Crippen LogP contribution is -2.34. The van der Waals surface area contributed by atoms with Crippen molar-refractivity contribution in [1.82, 2.24) is 4.57 Å². The van der Waals surface area contributed by atoms with Gasteiger partial charge in [0, 0.05) is 11.6 Å². The molecule has 0 aliphatic heterocycles. The predicted octanol–water partition coefficient (Wildman–Crippen LogP) is 4.01. The number of pyridine rings is 1. The molecule has 0 fully saturated rings. The van der Waals surface area contributed by atoms with E-state index in [1.807, 2.05) is 52.0 Å². The Balaban J connectivity index is 2.85. The Morgan fingerprint density at radius 2 is 1.77 bits per heavy atom. The molecule has 0 amide bonds. The molecule has 26 heavy (non-hydrogen) atoms. The van der Waals surface area contributed by atoms with E-state index in [-0.39, 0.29) is 11.0 Å². The van der Waals surface area contributed by atoms with Crippen molar-refractivity contribution >= 4 is 12.3 Å². The molecule has 1 heterocycles. The molecule has 0 aliphatic carbocycles. The van der Waals surface area contributed by atoms with Crippen molar-refractivity contribution in [3.8, 4) is 11.3 Å². The molecule has 0 bridgehead atoms. The highest BCUT2D eigenvalue weighted by Gasteiger charge is 2.30. The molecule has 1 N–H and O–H groups in total. The predicted molar refractivity (Wildman–Crippen MR) is 102 cm³/mol. The van der Waals surface area contributed by atoms with E-state index in [2.05, 4.69) is 0 Å². The number of benzene rings is 1. The Kier molecular flexibility index (Phi) is 5.50. The summed E-state index contributed by atoms with van der Waals surface area (Å²) in [4.78, 5) is 36.2. The van der Waals surface area contributed by atoms with Gasteiger partial charge in [0.2, 0.25) is 0 Å². The van der Waals surface area contributed by atoms with Crippen molar-refractivity contribution in [2.24, 2.45) is 5.41 Å². The summed E-state index contributed by atoms with van der Waals surface area (Å²) in [5.74, 6) is -1.06. The van der Waals surface area contributed by atoms with Crippen LogP contribution in [0.15, 0.2) is 35.1 Å². The SMILES string of the molecule is Cc1ccc(-c2c(C)c(C=O)cc(=O)n2C(CC(C)(C)C)C(=O)O)cc1. The van der Waals surface area contributed by atoms with Crippen LogP contribution in [0.3, 0.4) is 0 Å². The van der Waals surface area contributed by atoms with Crippen LogP contribution in [0.25, 0.3) is 11.3 Å². The molecule has 5 nitrogen and oxygen atoms in total. The number of nitrogens with zero attached hydrogens (tertiary/aromatic N) is 1. The first kappa shape index (κ1) is 19.6. The van der Waals surface area contributed by atoms with Gasteiger partial charge in [-0.2, -0.15) is 0 Å². The number of carboxylic acids is 1. The van der Waals surface area contributed by atoms with Crippen LogP contribution < -0.4 is 5.56 Å². The standard InChI is InChI=1S/C21H25NO4/c1-13-6-8-15(9-7-13)19-14(2)16(12-23)10-18(24)22(19)17(20(25)26)11-21(3,4)5/h6-10,12,17H,11H2,1-5H3,(H,25,26). The number of aromatic nitrogens is 1. The molecule has 0 radical (unpaired) electrons. The third kappa shape index (κ3) is 4.10. The Morgan fingerprint density at radius 3 is 2.23 bits per heavy atom. The fourth-order valence-electron chi connectivity index (χ4n) is 3.11. The molecule has 138 valence electrons. The Morgan fingerprint density at radius 1 is 1.19 bits per heavy atom.